The molecule has 0 atom stereocenters. The summed E-state index contributed by atoms with van der Waals surface area (Å²) in [7, 11) is 1.67. The van der Waals surface area contributed by atoms with Crippen molar-refractivity contribution in [2.45, 2.75) is 13.0 Å². The third-order valence-corrected chi connectivity index (χ3v) is 2.36. The summed E-state index contributed by atoms with van der Waals surface area (Å²) in [5, 5.41) is 0. The first-order valence-corrected chi connectivity index (χ1v) is 4.59. The van der Waals surface area contributed by atoms with Crippen molar-refractivity contribution in [3.8, 4) is 5.75 Å². The minimum Gasteiger partial charge on any atom is -0.495 e. The number of ether oxygens (including phenoxy) is 1. The van der Waals surface area contributed by atoms with E-state index in [9.17, 15) is 0 Å². The van der Waals surface area contributed by atoms with E-state index in [1.165, 1.54) is 25.1 Å². The summed E-state index contributed by atoms with van der Waals surface area (Å²) in [5.74, 6) is 0.845. The molecule has 0 unspecified atom stereocenters. The highest BCUT2D eigenvalue weighted by Gasteiger charge is 2.13. The Morgan fingerprint density at radius 3 is 2.92 bits per heavy atom. The molecule has 1 aliphatic heterocycles. The van der Waals surface area contributed by atoms with E-state index < -0.39 is 0 Å². The lowest BCUT2D eigenvalue weighted by Gasteiger charge is -2.30. The Hall–Kier alpha value is -1.09. The van der Waals surface area contributed by atoms with Gasteiger partial charge in [0.1, 0.15) is 5.75 Å². The van der Waals surface area contributed by atoms with Gasteiger partial charge in [0.15, 0.2) is 0 Å². The van der Waals surface area contributed by atoms with Gasteiger partial charge in [-0.15, -0.1) is 0 Å². The summed E-state index contributed by atoms with van der Waals surface area (Å²) in [4.78, 5) is 6.51. The molecule has 0 radical (unpaired) electrons. The fraction of sp³-hybridized carbons (Fsp3) is 0.500. The van der Waals surface area contributed by atoms with Crippen LogP contribution in [0.2, 0.25) is 0 Å². The van der Waals surface area contributed by atoms with Gasteiger partial charge in [0, 0.05) is 12.7 Å². The number of nitrogens with zero attached hydrogens (tertiary/aromatic N) is 2. The van der Waals surface area contributed by atoms with Gasteiger partial charge in [-0.25, -0.2) is 0 Å². The fourth-order valence-corrected chi connectivity index (χ4v) is 1.46. The molecule has 0 amide bonds. The van der Waals surface area contributed by atoms with Gasteiger partial charge in [0.2, 0.25) is 0 Å². The lowest BCUT2D eigenvalue weighted by molar-refractivity contribution is 0.172. The Morgan fingerprint density at radius 2 is 2.31 bits per heavy atom. The molecule has 2 rings (SSSR count). The number of hydrogen-bond acceptors (Lipinski definition) is 3. The monoisotopic (exact) mass is 178 g/mol. The minimum atomic E-state index is 0.845. The van der Waals surface area contributed by atoms with E-state index in [4.69, 9.17) is 4.74 Å². The molecule has 70 valence electrons. The number of likely N-dealkylation sites (tertiary alicyclic amines) is 1. The van der Waals surface area contributed by atoms with Crippen LogP contribution in [0.1, 0.15) is 12.0 Å². The highest BCUT2D eigenvalue weighted by molar-refractivity contribution is 5.23. The van der Waals surface area contributed by atoms with Crippen molar-refractivity contribution >= 4 is 0 Å². The largest absolute Gasteiger partial charge is 0.495 e. The molecule has 0 spiro atoms. The van der Waals surface area contributed by atoms with E-state index in [2.05, 4.69) is 9.88 Å². The van der Waals surface area contributed by atoms with E-state index in [0.717, 1.165) is 12.3 Å². The summed E-state index contributed by atoms with van der Waals surface area (Å²) < 4.78 is 5.11. The number of hydrogen-bond donors (Lipinski definition) is 0. The quantitative estimate of drug-likeness (QED) is 0.697. The van der Waals surface area contributed by atoms with Gasteiger partial charge in [-0.05, 0) is 31.1 Å². The first-order chi connectivity index (χ1) is 6.38. The zero-order chi connectivity index (χ0) is 9.10. The van der Waals surface area contributed by atoms with Crippen LogP contribution in [-0.2, 0) is 6.54 Å². The third-order valence-electron chi connectivity index (χ3n) is 2.36. The van der Waals surface area contributed by atoms with Crippen LogP contribution in [0.5, 0.6) is 5.75 Å². The fourth-order valence-electron chi connectivity index (χ4n) is 1.46. The number of pyridine rings is 1. The molecule has 0 saturated carbocycles. The molecule has 1 fully saturated rings. The minimum absolute atomic E-state index is 0.845. The summed E-state index contributed by atoms with van der Waals surface area (Å²) >= 11 is 0. The first-order valence-electron chi connectivity index (χ1n) is 4.59. The smallest absolute Gasteiger partial charge is 0.137 e. The molecule has 0 N–H and O–H groups in total. The van der Waals surface area contributed by atoms with Crippen molar-refractivity contribution in [3.63, 3.8) is 0 Å². The molecule has 13 heavy (non-hydrogen) atoms. The molecule has 1 aromatic rings. The van der Waals surface area contributed by atoms with Crippen molar-refractivity contribution in [1.82, 2.24) is 9.88 Å². The second-order valence-electron chi connectivity index (χ2n) is 3.36. The van der Waals surface area contributed by atoms with Gasteiger partial charge in [0.25, 0.3) is 0 Å². The average molecular weight is 178 g/mol. The van der Waals surface area contributed by atoms with Gasteiger partial charge in [0.05, 0.1) is 13.3 Å². The van der Waals surface area contributed by atoms with Crippen LogP contribution < -0.4 is 4.74 Å². The second kappa shape index (κ2) is 3.75. The van der Waals surface area contributed by atoms with Gasteiger partial charge in [-0.3, -0.25) is 9.88 Å². The topological polar surface area (TPSA) is 25.4 Å². The predicted octanol–water partition coefficient (Wildman–Crippen LogP) is 1.30. The zero-order valence-corrected chi connectivity index (χ0v) is 7.86. The molecular weight excluding hydrogens is 164 g/mol. The normalized spacial score (nSPS) is 16.7. The first kappa shape index (κ1) is 8.51. The van der Waals surface area contributed by atoms with Crippen LogP contribution in [0.25, 0.3) is 0 Å². The third kappa shape index (κ3) is 1.98. The van der Waals surface area contributed by atoms with Crippen LogP contribution in [0.4, 0.5) is 0 Å². The van der Waals surface area contributed by atoms with Gasteiger partial charge in [-0.1, -0.05) is 0 Å². The van der Waals surface area contributed by atoms with Crippen LogP contribution in [0.3, 0.4) is 0 Å². The van der Waals surface area contributed by atoms with Crippen LogP contribution in [0, 0.1) is 0 Å². The molecule has 3 heteroatoms. The standard InChI is InChI=1S/C10H14N2O/c1-13-10-5-9(6-11-7-10)8-12-3-2-4-12/h5-7H,2-4,8H2,1H3. The lowest BCUT2D eigenvalue weighted by Crippen LogP contribution is -2.36. The summed E-state index contributed by atoms with van der Waals surface area (Å²) in [5.41, 5.74) is 1.24. The predicted molar refractivity (Wildman–Crippen MR) is 50.7 cm³/mol. The van der Waals surface area contributed by atoms with E-state index in [1.807, 2.05) is 12.3 Å². The van der Waals surface area contributed by atoms with Crippen molar-refractivity contribution in [2.24, 2.45) is 0 Å². The highest BCUT2D eigenvalue weighted by Crippen LogP contribution is 2.15. The average Bonchev–Trinajstić information content (AvgIpc) is 2.12. The lowest BCUT2D eigenvalue weighted by atomic mass is 10.2. The number of rotatable bonds is 3. The van der Waals surface area contributed by atoms with Crippen molar-refractivity contribution in [2.75, 3.05) is 20.2 Å². The molecular formula is C10H14N2O. The van der Waals surface area contributed by atoms with Crippen LogP contribution in [-0.4, -0.2) is 30.1 Å². The van der Waals surface area contributed by atoms with E-state index in [1.54, 1.807) is 13.3 Å². The molecule has 0 aromatic carbocycles. The molecule has 1 aliphatic rings. The zero-order valence-electron chi connectivity index (χ0n) is 7.86. The van der Waals surface area contributed by atoms with Crippen LogP contribution in [0.15, 0.2) is 18.5 Å². The van der Waals surface area contributed by atoms with Crippen LogP contribution >= 0.6 is 0 Å². The van der Waals surface area contributed by atoms with Gasteiger partial charge < -0.3 is 4.74 Å². The van der Waals surface area contributed by atoms with Gasteiger partial charge in [-0.2, -0.15) is 0 Å². The maximum Gasteiger partial charge on any atom is 0.137 e. The maximum absolute atomic E-state index is 5.11. The Bertz CT molecular complexity index is 284. The summed E-state index contributed by atoms with van der Waals surface area (Å²) in [6.07, 6.45) is 4.97. The van der Waals surface area contributed by atoms with E-state index in [-0.39, 0.29) is 0 Å². The number of aromatic nitrogens is 1. The highest BCUT2D eigenvalue weighted by atomic mass is 16.5. The molecule has 0 bridgehead atoms. The Kier molecular flexibility index (Phi) is 2.45. The molecule has 1 saturated heterocycles. The SMILES string of the molecule is COc1cncc(CN2CCC2)c1. The van der Waals surface area contributed by atoms with Crippen molar-refractivity contribution < 1.29 is 4.74 Å². The van der Waals surface area contributed by atoms with E-state index >= 15 is 0 Å². The summed E-state index contributed by atoms with van der Waals surface area (Å²) in [6.45, 7) is 3.44. The second-order valence-corrected chi connectivity index (χ2v) is 3.36. The molecule has 0 aliphatic carbocycles. The van der Waals surface area contributed by atoms with Gasteiger partial charge >= 0.3 is 0 Å². The van der Waals surface area contributed by atoms with Crippen molar-refractivity contribution in [1.29, 1.82) is 0 Å². The number of methoxy groups -OCH3 is 1. The molecule has 2 heterocycles. The Balaban J connectivity index is 2.01. The Labute approximate surface area is 78.3 Å². The molecule has 3 nitrogen and oxygen atoms in total. The maximum atomic E-state index is 5.11. The van der Waals surface area contributed by atoms with Crippen molar-refractivity contribution in [3.05, 3.63) is 24.0 Å². The Morgan fingerprint density at radius 1 is 1.46 bits per heavy atom. The summed E-state index contributed by atoms with van der Waals surface area (Å²) in [6, 6.07) is 2.05. The molecule has 1 aromatic heterocycles. The van der Waals surface area contributed by atoms with E-state index in [0.29, 0.717) is 0 Å².